The van der Waals surface area contributed by atoms with Crippen molar-refractivity contribution in [2.45, 2.75) is 67.1 Å². The molecule has 3 aliphatic heterocycles. The Morgan fingerprint density at radius 2 is 1.58 bits per heavy atom. The third-order valence-corrected chi connectivity index (χ3v) is 20.1. The Morgan fingerprint density at radius 3 is 2.27 bits per heavy atom. The predicted molar refractivity (Wildman–Crippen MR) is 240 cm³/mol. The third-order valence-electron chi connectivity index (χ3n) is 11.7. The van der Waals surface area contributed by atoms with Crippen molar-refractivity contribution in [1.29, 1.82) is 0 Å². The highest BCUT2D eigenvalue weighted by molar-refractivity contribution is 8.55. The first-order valence-corrected chi connectivity index (χ1v) is 28.7. The summed E-state index contributed by atoms with van der Waals surface area (Å²) in [5.74, 6) is -2.30. The molecule has 40 heteroatoms. The average Bonchev–Trinajstić information content (AvgIpc) is 4.10. The van der Waals surface area contributed by atoms with E-state index < -0.39 is 139 Å². The maximum atomic E-state index is 14.2. The van der Waals surface area contributed by atoms with Crippen LogP contribution >= 0.6 is 41.4 Å². The standard InChI is InChI=1S/C33H46N12O23P4S/c1-42-12-45(27-19(42)28(50)41-32(35)40-27)29-20(47)13(6-60-2)14(64-29)7-63-70(54,55)67-71(56,57)68-72(58,59)73-9-16-24(23(61-3)31(66-16)44-11-38-18-25(34)36-10-37-26(18)44)69(52,53)62-8-15-21(48)22(49)30(65-15)43-5-4-17(46)39-33(43)51/h4-5,10-16,20-24,29-31,47-49H,6-9H2,1-3H3,(H9-,34,35,36,37,39,40,41,46,50,51,52,53,54,55,56,57,58,59)/t13-,14-,15-,16-,20-,21-,22-,23-,24-,29-,30-,31-/m1/s1. The van der Waals surface area contributed by atoms with Crippen LogP contribution in [0.15, 0.2) is 45.6 Å². The molecule has 4 unspecified atom stereocenters. The molecular formula is C33H46N12O23P4S. The zero-order chi connectivity index (χ0) is 53.1. The van der Waals surface area contributed by atoms with Crippen LogP contribution in [0.4, 0.5) is 11.8 Å². The van der Waals surface area contributed by atoms with Crippen molar-refractivity contribution in [2.75, 3.05) is 51.3 Å². The van der Waals surface area contributed by atoms with Gasteiger partial charge in [-0.2, -0.15) is 8.62 Å². The highest BCUT2D eigenvalue weighted by Gasteiger charge is 2.54. The van der Waals surface area contributed by atoms with Crippen molar-refractivity contribution < 1.29 is 99.1 Å². The van der Waals surface area contributed by atoms with Gasteiger partial charge in [-0.25, -0.2) is 38.0 Å². The molecule has 3 fully saturated rings. The number of aliphatic hydroxyl groups excluding tert-OH is 3. The molecule has 8 rings (SSSR count). The number of aromatic nitrogens is 10. The van der Waals surface area contributed by atoms with E-state index in [4.69, 9.17) is 44.2 Å². The molecule has 5 aromatic heterocycles. The van der Waals surface area contributed by atoms with E-state index in [9.17, 15) is 67.5 Å². The van der Waals surface area contributed by atoms with Crippen molar-refractivity contribution >= 4 is 75.5 Å². The van der Waals surface area contributed by atoms with Crippen LogP contribution in [-0.4, -0.2) is 162 Å². The fraction of sp³-hybridized carbons (Fsp3) is 0.576. The van der Waals surface area contributed by atoms with Crippen LogP contribution in [0.5, 0.6) is 0 Å². The van der Waals surface area contributed by atoms with Gasteiger partial charge in [-0.3, -0.25) is 37.8 Å². The van der Waals surface area contributed by atoms with E-state index >= 15 is 0 Å². The molecule has 35 nitrogen and oxygen atoms in total. The van der Waals surface area contributed by atoms with Gasteiger partial charge in [-0.1, -0.05) is 4.98 Å². The molecular weight excluding hydrogens is 1090 g/mol. The van der Waals surface area contributed by atoms with Gasteiger partial charge in [0.1, 0.15) is 50.0 Å². The number of ether oxygens (including phenoxy) is 5. The van der Waals surface area contributed by atoms with Gasteiger partial charge >= 0.3 is 33.8 Å². The number of aliphatic hydroxyl groups is 3. The van der Waals surface area contributed by atoms with Crippen molar-refractivity contribution in [3.63, 3.8) is 0 Å². The van der Waals surface area contributed by atoms with Crippen molar-refractivity contribution in [2.24, 2.45) is 13.0 Å². The number of aryl methyl sites for hydroxylation is 1. The Kier molecular flexibility index (Phi) is 15.9. The monoisotopic (exact) mass is 1130 g/mol. The molecule has 8 heterocycles. The first kappa shape index (κ1) is 55.1. The number of phosphoric ester groups is 1. The lowest BCUT2D eigenvalue weighted by atomic mass is 9.99. The highest BCUT2D eigenvalue weighted by Crippen LogP contribution is 2.72. The molecule has 0 aromatic carbocycles. The fourth-order valence-electron chi connectivity index (χ4n) is 8.46. The molecule has 0 radical (unpaired) electrons. The van der Waals surface area contributed by atoms with Crippen molar-refractivity contribution in [3.05, 3.63) is 62.4 Å². The second-order valence-corrected chi connectivity index (χ2v) is 25.4. The summed E-state index contributed by atoms with van der Waals surface area (Å²) in [5, 5.41) is 32.7. The number of anilines is 2. The van der Waals surface area contributed by atoms with Gasteiger partial charge in [0.15, 0.2) is 30.2 Å². The number of hydrogen-bond acceptors (Lipinski definition) is 27. The number of nitrogen functional groups attached to an aromatic ring is 2. The minimum Gasteiger partial charge on any atom is -0.778 e. The topological polar surface area (TPSA) is 501 Å². The Labute approximate surface area is 410 Å². The number of aromatic amines is 2. The zero-order valence-electron chi connectivity index (χ0n) is 37.7. The molecule has 3 aliphatic rings. The van der Waals surface area contributed by atoms with Crippen molar-refractivity contribution in [1.82, 2.24) is 43.6 Å². The van der Waals surface area contributed by atoms with Gasteiger partial charge in [-0.05, 0) is 11.4 Å². The van der Waals surface area contributed by atoms with Crippen molar-refractivity contribution in [3.8, 4) is 0 Å². The Bertz CT molecular complexity index is 3250. The van der Waals surface area contributed by atoms with Gasteiger partial charge in [-0.15, -0.1) is 0 Å². The van der Waals surface area contributed by atoms with E-state index in [-0.39, 0.29) is 52.1 Å². The van der Waals surface area contributed by atoms with Gasteiger partial charge in [0.05, 0.1) is 51.1 Å². The van der Waals surface area contributed by atoms with E-state index in [1.807, 2.05) is 4.98 Å². The maximum absolute atomic E-state index is 14.2. The molecule has 402 valence electrons. The maximum Gasteiger partial charge on any atom is 0.488 e. The summed E-state index contributed by atoms with van der Waals surface area (Å²) < 4.78 is 106. The Hall–Kier alpha value is -4.19. The SMILES string of the molecule is COC[C@H]1[C@@H](O)[C@H]([n+]2cn(C)c3c(=O)[nH]c(N)nc32)O[C@@H]1COP(=O)(O)OP(=O)(O)OP(=O)(O)SC[C@H]1O[C@@H](n2cnc3c(N)ncnc32)[C@H](OC)[C@@H]1P(=O)([O-])OC[C@H]1O[C@@H](n2ccc(=O)[nH]c2=O)[C@H](O)[C@@H]1O. The number of H-pyrrole nitrogens is 2. The number of imidazole rings is 2. The lowest BCUT2D eigenvalue weighted by molar-refractivity contribution is -0.745. The van der Waals surface area contributed by atoms with Crippen LogP contribution in [-0.2, 0) is 66.7 Å². The molecule has 3 saturated heterocycles. The van der Waals surface area contributed by atoms with E-state index in [0.29, 0.717) is 0 Å². The Morgan fingerprint density at radius 1 is 0.863 bits per heavy atom. The normalized spacial score (nSPS) is 30.9. The fourth-order valence-corrected chi connectivity index (χ4v) is 16.3. The molecule has 0 bridgehead atoms. The highest BCUT2D eigenvalue weighted by atomic mass is 32.7. The largest absolute Gasteiger partial charge is 0.778 e. The summed E-state index contributed by atoms with van der Waals surface area (Å²) in [5.41, 5.74) is 7.33. The third kappa shape index (κ3) is 11.4. The van der Waals surface area contributed by atoms with Gasteiger partial charge < -0.3 is 79.1 Å². The summed E-state index contributed by atoms with van der Waals surface area (Å²) >= 11 is -0.205. The predicted octanol–water partition coefficient (Wildman–Crippen LogP) is -3.82. The summed E-state index contributed by atoms with van der Waals surface area (Å²) in [6.07, 6.45) is -11.5. The number of nitrogens with one attached hydrogen (secondary N) is 2. The smallest absolute Gasteiger partial charge is 0.488 e. The van der Waals surface area contributed by atoms with E-state index in [1.165, 1.54) is 34.2 Å². The lowest BCUT2D eigenvalue weighted by Gasteiger charge is -2.35. The first-order valence-electron chi connectivity index (χ1n) is 20.9. The summed E-state index contributed by atoms with van der Waals surface area (Å²) in [7, 11) is -13.5. The minimum absolute atomic E-state index is 0.00700. The summed E-state index contributed by atoms with van der Waals surface area (Å²) in [4.78, 5) is 103. The second-order valence-electron chi connectivity index (χ2n) is 16.3. The summed E-state index contributed by atoms with van der Waals surface area (Å²) in [6, 6.07) is 0.927. The average molecular weight is 1130 g/mol. The van der Waals surface area contributed by atoms with Crippen LogP contribution in [0.3, 0.4) is 0 Å². The number of fused-ring (bicyclic) bond motifs is 2. The van der Waals surface area contributed by atoms with Gasteiger partial charge in [0, 0.05) is 38.2 Å². The molecule has 0 aliphatic carbocycles. The van der Waals surface area contributed by atoms with Crippen LogP contribution < -0.4 is 37.7 Å². The quantitative estimate of drug-likeness (QED) is 0.0264. The van der Waals surface area contributed by atoms with Crippen LogP contribution in [0.25, 0.3) is 22.3 Å². The minimum atomic E-state index is -6.10. The molecule has 0 spiro atoms. The molecule has 0 amide bonds. The van der Waals surface area contributed by atoms with Crippen LogP contribution in [0.2, 0.25) is 0 Å². The van der Waals surface area contributed by atoms with E-state index in [2.05, 4.69) is 33.5 Å². The zero-order valence-corrected chi connectivity index (χ0v) is 42.1. The van der Waals surface area contributed by atoms with E-state index in [0.717, 1.165) is 36.6 Å². The Balaban J connectivity index is 0.957. The molecule has 16 atom stereocenters. The first-order chi connectivity index (χ1) is 34.2. The molecule has 0 saturated carbocycles. The number of nitrogens with zero attached hydrogens (tertiary/aromatic N) is 8. The number of nitrogens with two attached hydrogens (primary N) is 2. The van der Waals surface area contributed by atoms with Gasteiger partial charge in [0.25, 0.3) is 17.1 Å². The number of rotatable bonds is 20. The number of hydrogen-bond donors (Lipinski definition) is 10. The molecule has 73 heavy (non-hydrogen) atoms. The van der Waals surface area contributed by atoms with Gasteiger partial charge in [0.2, 0.25) is 11.7 Å². The van der Waals surface area contributed by atoms with Crippen LogP contribution in [0, 0.1) is 5.92 Å². The number of methoxy groups -OCH3 is 2. The molecule has 12 N–H and O–H groups in total. The number of phosphoric acid groups is 2. The lowest BCUT2D eigenvalue weighted by Crippen LogP contribution is -2.45. The second kappa shape index (κ2) is 21.1. The van der Waals surface area contributed by atoms with Crippen LogP contribution in [0.1, 0.15) is 18.7 Å². The molecule has 5 aromatic rings. The summed E-state index contributed by atoms with van der Waals surface area (Å²) in [6.45, 7) is -7.78. The van der Waals surface area contributed by atoms with E-state index in [1.54, 1.807) is 0 Å².